The third-order valence-electron chi connectivity index (χ3n) is 1.90. The minimum Gasteiger partial charge on any atom is -0.383 e. The molecule has 100 valence electrons. The van der Waals surface area contributed by atoms with Gasteiger partial charge >= 0.3 is 0 Å². The lowest BCUT2D eigenvalue weighted by molar-refractivity contribution is -0.119. The number of carbonyl (C=O) groups excluding carboxylic acids is 1. The van der Waals surface area contributed by atoms with E-state index in [9.17, 15) is 9.59 Å². The smallest absolute Gasteiger partial charge is 0.253 e. The Bertz CT molecular complexity index is 463. The van der Waals surface area contributed by atoms with Crippen LogP contribution in [0.3, 0.4) is 0 Å². The summed E-state index contributed by atoms with van der Waals surface area (Å²) < 4.78 is 4.90. The summed E-state index contributed by atoms with van der Waals surface area (Å²) in [6.07, 6.45) is 0. The number of amides is 1. The van der Waals surface area contributed by atoms with Gasteiger partial charge in [-0.1, -0.05) is 11.8 Å². The van der Waals surface area contributed by atoms with Crippen LogP contribution >= 0.6 is 11.8 Å². The van der Waals surface area contributed by atoms with Crippen molar-refractivity contribution in [3.05, 3.63) is 16.4 Å². The van der Waals surface area contributed by atoms with E-state index in [1.54, 1.807) is 7.11 Å². The Morgan fingerprint density at radius 1 is 1.72 bits per heavy atom. The van der Waals surface area contributed by atoms with Crippen LogP contribution in [0.15, 0.2) is 16.0 Å². The molecule has 0 radical (unpaired) electrons. The van der Waals surface area contributed by atoms with Crippen LogP contribution in [0.4, 0.5) is 5.82 Å². The monoisotopic (exact) mass is 272 g/mol. The molecular weight excluding hydrogens is 256 g/mol. The molecule has 1 atom stereocenters. The van der Waals surface area contributed by atoms with Crippen LogP contribution in [0.25, 0.3) is 0 Å². The van der Waals surface area contributed by atoms with Crippen LogP contribution in [-0.4, -0.2) is 41.4 Å². The fourth-order valence-electron chi connectivity index (χ4n) is 1.26. The largest absolute Gasteiger partial charge is 0.383 e. The fourth-order valence-corrected chi connectivity index (χ4v) is 1.96. The van der Waals surface area contributed by atoms with Gasteiger partial charge in [-0.2, -0.15) is 0 Å². The molecule has 0 aliphatic carbocycles. The molecule has 1 aromatic heterocycles. The van der Waals surface area contributed by atoms with Crippen LogP contribution < -0.4 is 16.6 Å². The zero-order chi connectivity index (χ0) is 13.5. The van der Waals surface area contributed by atoms with Crippen LogP contribution in [0.1, 0.15) is 6.92 Å². The van der Waals surface area contributed by atoms with Crippen molar-refractivity contribution < 1.29 is 9.53 Å². The number of aromatic nitrogens is 2. The van der Waals surface area contributed by atoms with Crippen LogP contribution in [0, 0.1) is 0 Å². The Hall–Kier alpha value is -1.54. The number of hydrogen-bond acceptors (Lipinski definition) is 6. The van der Waals surface area contributed by atoms with Crippen molar-refractivity contribution in [1.82, 2.24) is 15.3 Å². The van der Waals surface area contributed by atoms with Gasteiger partial charge in [0.15, 0.2) is 5.16 Å². The molecule has 8 heteroatoms. The number of methoxy groups -OCH3 is 1. The first kappa shape index (κ1) is 14.5. The summed E-state index contributed by atoms with van der Waals surface area (Å²) in [5.41, 5.74) is 5.09. The minimum absolute atomic E-state index is 0.0593. The van der Waals surface area contributed by atoms with E-state index in [1.165, 1.54) is 6.07 Å². The molecule has 4 N–H and O–H groups in total. The molecule has 1 aromatic rings. The van der Waals surface area contributed by atoms with E-state index in [0.29, 0.717) is 11.8 Å². The maximum atomic E-state index is 11.5. The lowest BCUT2D eigenvalue weighted by atomic mass is 10.3. The molecule has 1 unspecified atom stereocenters. The Morgan fingerprint density at radius 2 is 2.44 bits per heavy atom. The highest BCUT2D eigenvalue weighted by molar-refractivity contribution is 7.99. The lowest BCUT2D eigenvalue weighted by Gasteiger charge is -2.12. The van der Waals surface area contributed by atoms with E-state index in [1.807, 2.05) is 6.92 Å². The van der Waals surface area contributed by atoms with Gasteiger partial charge in [0, 0.05) is 19.2 Å². The first-order chi connectivity index (χ1) is 8.51. The van der Waals surface area contributed by atoms with Gasteiger partial charge in [0.05, 0.1) is 12.4 Å². The fraction of sp³-hybridized carbons (Fsp3) is 0.500. The highest BCUT2D eigenvalue weighted by Crippen LogP contribution is 2.11. The zero-order valence-electron chi connectivity index (χ0n) is 10.2. The quantitative estimate of drug-likeness (QED) is 0.480. The number of hydrogen-bond donors (Lipinski definition) is 3. The molecule has 0 saturated carbocycles. The Morgan fingerprint density at radius 3 is 3.06 bits per heavy atom. The lowest BCUT2D eigenvalue weighted by Crippen LogP contribution is -2.36. The van der Waals surface area contributed by atoms with E-state index >= 15 is 0 Å². The Kier molecular flexibility index (Phi) is 5.66. The molecule has 0 saturated heterocycles. The van der Waals surface area contributed by atoms with Crippen molar-refractivity contribution in [3.8, 4) is 0 Å². The second-order valence-corrected chi connectivity index (χ2v) is 4.65. The molecule has 7 nitrogen and oxygen atoms in total. The molecule has 0 bridgehead atoms. The van der Waals surface area contributed by atoms with E-state index in [-0.39, 0.29) is 29.1 Å². The summed E-state index contributed by atoms with van der Waals surface area (Å²) in [5, 5.41) is 3.07. The molecule has 18 heavy (non-hydrogen) atoms. The van der Waals surface area contributed by atoms with Gasteiger partial charge in [-0.15, -0.1) is 0 Å². The Balaban J connectivity index is 2.45. The molecule has 0 spiro atoms. The van der Waals surface area contributed by atoms with Gasteiger partial charge in [-0.05, 0) is 6.92 Å². The Labute approximate surface area is 109 Å². The SMILES string of the molecule is COCC(C)NC(=O)CSc1nc(N)cc(=O)[nH]1. The average molecular weight is 272 g/mol. The molecular formula is C10H16N4O3S. The third-order valence-corrected chi connectivity index (χ3v) is 2.78. The predicted molar refractivity (Wildman–Crippen MR) is 69.5 cm³/mol. The molecule has 0 aromatic carbocycles. The normalized spacial score (nSPS) is 12.1. The van der Waals surface area contributed by atoms with Crippen molar-refractivity contribution in [3.63, 3.8) is 0 Å². The van der Waals surface area contributed by atoms with Crippen molar-refractivity contribution >= 4 is 23.5 Å². The summed E-state index contributed by atoms with van der Waals surface area (Å²) in [4.78, 5) is 29.0. The van der Waals surface area contributed by atoms with Crippen LogP contribution in [0.2, 0.25) is 0 Å². The number of thioether (sulfide) groups is 1. The zero-order valence-corrected chi connectivity index (χ0v) is 11.0. The first-order valence-electron chi connectivity index (χ1n) is 5.29. The van der Waals surface area contributed by atoms with Crippen molar-refractivity contribution in [2.75, 3.05) is 25.2 Å². The van der Waals surface area contributed by atoms with E-state index in [0.717, 1.165) is 11.8 Å². The number of nitrogen functional groups attached to an aromatic ring is 1. The average Bonchev–Trinajstić information content (AvgIpc) is 2.25. The highest BCUT2D eigenvalue weighted by atomic mass is 32.2. The maximum absolute atomic E-state index is 11.5. The summed E-state index contributed by atoms with van der Waals surface area (Å²) in [6.45, 7) is 2.29. The number of aromatic amines is 1. The van der Waals surface area contributed by atoms with Crippen molar-refractivity contribution in [2.24, 2.45) is 0 Å². The number of anilines is 1. The maximum Gasteiger partial charge on any atom is 0.253 e. The van der Waals surface area contributed by atoms with Gasteiger partial charge in [0.2, 0.25) is 5.91 Å². The van der Waals surface area contributed by atoms with Gasteiger partial charge in [0.1, 0.15) is 5.82 Å². The third kappa shape index (κ3) is 5.19. The van der Waals surface area contributed by atoms with Crippen molar-refractivity contribution in [2.45, 2.75) is 18.1 Å². The summed E-state index contributed by atoms with van der Waals surface area (Å²) in [6, 6.07) is 1.13. The summed E-state index contributed by atoms with van der Waals surface area (Å²) in [5.74, 6) is 0.129. The first-order valence-corrected chi connectivity index (χ1v) is 6.27. The van der Waals surface area contributed by atoms with E-state index in [4.69, 9.17) is 10.5 Å². The summed E-state index contributed by atoms with van der Waals surface area (Å²) >= 11 is 1.12. The number of nitrogens with one attached hydrogen (secondary N) is 2. The molecule has 1 rings (SSSR count). The number of carbonyl (C=O) groups is 1. The number of nitrogens with zero attached hydrogens (tertiary/aromatic N) is 1. The molecule has 0 aliphatic heterocycles. The summed E-state index contributed by atoms with van der Waals surface area (Å²) in [7, 11) is 1.57. The van der Waals surface area contributed by atoms with Crippen LogP contribution in [0.5, 0.6) is 0 Å². The van der Waals surface area contributed by atoms with Gasteiger partial charge in [-0.25, -0.2) is 4.98 Å². The molecule has 1 amide bonds. The molecule has 1 heterocycles. The predicted octanol–water partition coefficient (Wildman–Crippen LogP) is -0.405. The number of nitrogens with two attached hydrogens (primary N) is 1. The van der Waals surface area contributed by atoms with Gasteiger partial charge < -0.3 is 20.8 Å². The highest BCUT2D eigenvalue weighted by Gasteiger charge is 2.08. The number of rotatable bonds is 6. The van der Waals surface area contributed by atoms with Gasteiger partial charge in [-0.3, -0.25) is 9.59 Å². The topological polar surface area (TPSA) is 110 Å². The van der Waals surface area contributed by atoms with Crippen LogP contribution in [-0.2, 0) is 9.53 Å². The number of H-pyrrole nitrogens is 1. The van der Waals surface area contributed by atoms with Crippen molar-refractivity contribution in [1.29, 1.82) is 0 Å². The number of ether oxygens (including phenoxy) is 1. The molecule has 0 fully saturated rings. The second-order valence-electron chi connectivity index (χ2n) is 3.69. The van der Waals surface area contributed by atoms with Gasteiger partial charge in [0.25, 0.3) is 5.56 Å². The van der Waals surface area contributed by atoms with E-state index < -0.39 is 0 Å². The standard InChI is InChI=1S/C10H16N4O3S/c1-6(4-17-2)12-9(16)5-18-10-13-7(11)3-8(15)14-10/h3,6H,4-5H2,1-2H3,(H,12,16)(H3,11,13,14,15). The minimum atomic E-state index is -0.335. The van der Waals surface area contributed by atoms with E-state index in [2.05, 4.69) is 15.3 Å². The molecule has 0 aliphatic rings. The second kappa shape index (κ2) is 7.02.